The zero-order chi connectivity index (χ0) is 24.6. The normalized spacial score (nSPS) is 14.1. The summed E-state index contributed by atoms with van der Waals surface area (Å²) >= 11 is 0. The number of hydrogen-bond acceptors (Lipinski definition) is 6. The van der Waals surface area contributed by atoms with Crippen molar-refractivity contribution < 1.29 is 19.1 Å². The molecule has 2 atom stereocenters. The van der Waals surface area contributed by atoms with Gasteiger partial charge in [-0.05, 0) is 65.2 Å². The van der Waals surface area contributed by atoms with E-state index < -0.39 is 0 Å². The van der Waals surface area contributed by atoms with Gasteiger partial charge in [-0.25, -0.2) is 0 Å². The maximum Gasteiger partial charge on any atom is 0.320 e. The van der Waals surface area contributed by atoms with Crippen LogP contribution in [-0.2, 0) is 19.1 Å². The second-order valence-electron chi connectivity index (χ2n) is 9.01. The molecule has 0 aromatic rings. The van der Waals surface area contributed by atoms with E-state index in [1.54, 1.807) is 0 Å². The van der Waals surface area contributed by atoms with Gasteiger partial charge in [0.2, 0.25) is 0 Å². The van der Waals surface area contributed by atoms with Gasteiger partial charge in [0.15, 0.2) is 0 Å². The third-order valence-electron chi connectivity index (χ3n) is 6.69. The summed E-state index contributed by atoms with van der Waals surface area (Å²) in [7, 11) is 2.83. The zero-order valence-electron chi connectivity index (χ0n) is 22.1. The summed E-state index contributed by atoms with van der Waals surface area (Å²) in [4.78, 5) is 25.6. The van der Waals surface area contributed by atoms with Crippen molar-refractivity contribution in [3.63, 3.8) is 0 Å². The zero-order valence-corrected chi connectivity index (χ0v) is 23.7. The van der Waals surface area contributed by atoms with Gasteiger partial charge in [-0.3, -0.25) is 9.59 Å². The molecule has 0 radical (unpaired) electrons. The first kappa shape index (κ1) is 31.6. The van der Waals surface area contributed by atoms with Crippen LogP contribution in [0.15, 0.2) is 0 Å². The first-order valence-corrected chi connectivity index (χ1v) is 15.2. The van der Waals surface area contributed by atoms with Crippen LogP contribution >= 0.6 is 21.6 Å². The lowest BCUT2D eigenvalue weighted by atomic mass is 9.90. The van der Waals surface area contributed by atoms with E-state index in [4.69, 9.17) is 9.47 Å². The molecule has 4 nitrogen and oxygen atoms in total. The molecular weight excluding hydrogens is 440 g/mol. The van der Waals surface area contributed by atoms with Crippen LogP contribution in [0.2, 0.25) is 0 Å². The molecule has 0 heterocycles. The molecule has 0 aliphatic heterocycles. The van der Waals surface area contributed by atoms with E-state index in [1.165, 1.54) is 21.6 Å². The Balaban J connectivity index is 4.79. The van der Waals surface area contributed by atoms with Gasteiger partial charge >= 0.3 is 11.9 Å². The van der Waals surface area contributed by atoms with Crippen molar-refractivity contribution in [3.05, 3.63) is 0 Å². The van der Waals surface area contributed by atoms with Crippen LogP contribution < -0.4 is 0 Å². The van der Waals surface area contributed by atoms with E-state index in [-0.39, 0.29) is 33.6 Å². The highest BCUT2D eigenvalue weighted by atomic mass is 33.1. The monoisotopic (exact) mass is 490 g/mol. The van der Waals surface area contributed by atoms with Gasteiger partial charge in [0.25, 0.3) is 0 Å². The highest BCUT2D eigenvalue weighted by Gasteiger charge is 2.34. The van der Waals surface area contributed by atoms with Gasteiger partial charge < -0.3 is 9.47 Å². The molecule has 0 amide bonds. The number of carbonyl (C=O) groups excluding carboxylic acids is 2. The first-order valence-electron chi connectivity index (χ1n) is 13.0. The van der Waals surface area contributed by atoms with Gasteiger partial charge in [-0.2, -0.15) is 0 Å². The van der Waals surface area contributed by atoms with Crippen LogP contribution in [0, 0.1) is 0 Å². The third-order valence-corrected chi connectivity index (χ3v) is 9.83. The minimum Gasteiger partial charge on any atom is -0.458 e. The Morgan fingerprint density at radius 1 is 0.625 bits per heavy atom. The highest BCUT2D eigenvalue weighted by molar-refractivity contribution is 8.77. The van der Waals surface area contributed by atoms with E-state index in [0.29, 0.717) is 0 Å². The van der Waals surface area contributed by atoms with Gasteiger partial charge in [0, 0.05) is 0 Å². The van der Waals surface area contributed by atoms with Crippen molar-refractivity contribution >= 4 is 33.5 Å². The summed E-state index contributed by atoms with van der Waals surface area (Å²) in [5.74, 6) is -0.362. The van der Waals surface area contributed by atoms with Crippen LogP contribution in [-0.4, -0.2) is 33.6 Å². The molecule has 6 heteroatoms. The van der Waals surface area contributed by atoms with Gasteiger partial charge in [-0.1, -0.05) is 88.8 Å². The average molecular weight is 491 g/mol. The maximum absolute atomic E-state index is 12.8. The van der Waals surface area contributed by atoms with Crippen molar-refractivity contribution in [1.82, 2.24) is 0 Å². The van der Waals surface area contributed by atoms with E-state index in [9.17, 15) is 9.59 Å². The Morgan fingerprint density at radius 2 is 0.938 bits per heavy atom. The first-order chi connectivity index (χ1) is 15.2. The minimum atomic E-state index is -0.364. The van der Waals surface area contributed by atoms with Crippen molar-refractivity contribution in [2.75, 3.05) is 0 Å². The van der Waals surface area contributed by atoms with Gasteiger partial charge in [0.1, 0.15) is 21.7 Å². The molecule has 0 aliphatic carbocycles. The topological polar surface area (TPSA) is 52.6 Å². The molecule has 190 valence electrons. The number of carbonyl (C=O) groups is 2. The molecule has 0 aliphatic rings. The summed E-state index contributed by atoms with van der Waals surface area (Å²) in [6.45, 7) is 16.5. The molecule has 0 spiro atoms. The molecule has 0 saturated carbocycles. The molecule has 32 heavy (non-hydrogen) atoms. The van der Waals surface area contributed by atoms with E-state index >= 15 is 0 Å². The smallest absolute Gasteiger partial charge is 0.320 e. The number of rotatable bonds is 19. The molecule has 0 saturated heterocycles. The predicted molar refractivity (Wildman–Crippen MR) is 141 cm³/mol. The summed E-state index contributed by atoms with van der Waals surface area (Å²) in [5, 5.41) is -0.656. The van der Waals surface area contributed by atoms with Crippen LogP contribution in [0.25, 0.3) is 0 Å². The van der Waals surface area contributed by atoms with Crippen molar-refractivity contribution in [1.29, 1.82) is 0 Å². The van der Waals surface area contributed by atoms with Crippen molar-refractivity contribution in [3.8, 4) is 0 Å². The quantitative estimate of drug-likeness (QED) is 0.103. The van der Waals surface area contributed by atoms with E-state index in [2.05, 4.69) is 41.5 Å². The maximum atomic E-state index is 12.8. The Morgan fingerprint density at radius 3 is 1.19 bits per heavy atom. The van der Waals surface area contributed by atoms with Gasteiger partial charge in [0.05, 0.1) is 0 Å². The predicted octanol–water partition coefficient (Wildman–Crippen LogP) is 8.51. The summed E-state index contributed by atoms with van der Waals surface area (Å²) in [6.07, 6.45) is 12.0. The number of ether oxygens (including phenoxy) is 2. The minimum absolute atomic E-state index is 0.181. The molecule has 0 aromatic heterocycles. The molecule has 0 N–H and O–H groups in total. The van der Waals surface area contributed by atoms with E-state index in [0.717, 1.165) is 77.0 Å². The van der Waals surface area contributed by atoms with Crippen LogP contribution in [0.4, 0.5) is 0 Å². The standard InChI is InChI=1S/C26H50O4S2/c1-9-15-17-19-25(11-3,12-4)29-23(27)21(7)31-32-22(8)24(28)30-26(13-5,14-6)20-18-16-10-2/h21-22H,9-20H2,1-8H3. The molecule has 0 bridgehead atoms. The Bertz CT molecular complexity index is 470. The van der Waals surface area contributed by atoms with Crippen LogP contribution in [0.3, 0.4) is 0 Å². The van der Waals surface area contributed by atoms with E-state index in [1.807, 2.05) is 13.8 Å². The number of hydrogen-bond donors (Lipinski definition) is 0. The lowest BCUT2D eigenvalue weighted by molar-refractivity contribution is -0.161. The largest absolute Gasteiger partial charge is 0.458 e. The fourth-order valence-corrected chi connectivity index (χ4v) is 5.89. The van der Waals surface area contributed by atoms with Crippen molar-refractivity contribution in [2.24, 2.45) is 0 Å². The summed E-state index contributed by atoms with van der Waals surface area (Å²) in [6, 6.07) is 0. The lowest BCUT2D eigenvalue weighted by Crippen LogP contribution is -2.37. The Labute approximate surface area is 206 Å². The Hall–Kier alpha value is -0.360. The Kier molecular flexibility index (Phi) is 16.9. The molecule has 0 fully saturated rings. The molecule has 2 unspecified atom stereocenters. The van der Waals surface area contributed by atoms with Gasteiger partial charge in [-0.15, -0.1) is 0 Å². The lowest BCUT2D eigenvalue weighted by Gasteiger charge is -2.33. The molecular formula is C26H50O4S2. The van der Waals surface area contributed by atoms with Crippen LogP contribution in [0.5, 0.6) is 0 Å². The second-order valence-corrected chi connectivity index (χ2v) is 12.0. The molecule has 0 aromatic carbocycles. The number of esters is 2. The number of unbranched alkanes of at least 4 members (excludes halogenated alkanes) is 4. The fraction of sp³-hybridized carbons (Fsp3) is 0.923. The highest BCUT2D eigenvalue weighted by Crippen LogP contribution is 2.36. The third kappa shape index (κ3) is 11.2. The molecule has 0 rings (SSSR count). The summed E-state index contributed by atoms with van der Waals surface area (Å²) < 4.78 is 12.0. The summed E-state index contributed by atoms with van der Waals surface area (Å²) in [5.41, 5.74) is -0.729. The average Bonchev–Trinajstić information content (AvgIpc) is 2.80. The SMILES string of the molecule is CCCCCC(CC)(CC)OC(=O)C(C)SSC(C)C(=O)OC(CC)(CC)CCCCC. The van der Waals surface area contributed by atoms with Crippen LogP contribution in [0.1, 0.15) is 132 Å². The van der Waals surface area contributed by atoms with Crippen molar-refractivity contribution in [2.45, 2.75) is 154 Å². The fourth-order valence-electron chi connectivity index (χ4n) is 3.83. The second kappa shape index (κ2) is 17.1.